The van der Waals surface area contributed by atoms with Crippen LogP contribution in [0.15, 0.2) is 0 Å². The summed E-state index contributed by atoms with van der Waals surface area (Å²) in [5, 5.41) is 0. The van der Waals surface area contributed by atoms with Crippen LogP contribution in [0, 0.1) is 11.8 Å². The smallest absolute Gasteiger partial charge is 0.260 e. The lowest BCUT2D eigenvalue weighted by molar-refractivity contribution is -0.139. The number of rotatable bonds is 1. The molecule has 1 saturated heterocycles. The Morgan fingerprint density at radius 3 is 2.60 bits per heavy atom. The van der Waals surface area contributed by atoms with Crippen LogP contribution in [-0.2, 0) is 9.59 Å². The number of carbonyl (C=O) groups is 2. The van der Waals surface area contributed by atoms with Gasteiger partial charge in [0.1, 0.15) is 11.7 Å². The van der Waals surface area contributed by atoms with Crippen LogP contribution in [0.4, 0.5) is 8.78 Å². The number of halogens is 2. The molecule has 1 heterocycles. The van der Waals surface area contributed by atoms with E-state index < -0.39 is 17.7 Å². The van der Waals surface area contributed by atoms with Crippen molar-refractivity contribution < 1.29 is 18.4 Å². The zero-order valence-electron chi connectivity index (χ0n) is 8.50. The SMILES string of the molecule is CC1CN(C(=O)C2CC2(F)F)CCC1=O. The summed E-state index contributed by atoms with van der Waals surface area (Å²) in [5.74, 6) is -4.52. The van der Waals surface area contributed by atoms with Crippen molar-refractivity contribution in [2.45, 2.75) is 25.7 Å². The first kappa shape index (κ1) is 10.5. The van der Waals surface area contributed by atoms with Crippen molar-refractivity contribution in [2.24, 2.45) is 11.8 Å². The number of carbonyl (C=O) groups excluding carboxylic acids is 2. The highest BCUT2D eigenvalue weighted by Gasteiger charge is 2.62. The van der Waals surface area contributed by atoms with Gasteiger partial charge in [-0.2, -0.15) is 0 Å². The van der Waals surface area contributed by atoms with Gasteiger partial charge in [-0.1, -0.05) is 6.92 Å². The van der Waals surface area contributed by atoms with Crippen LogP contribution in [0.25, 0.3) is 0 Å². The van der Waals surface area contributed by atoms with E-state index in [4.69, 9.17) is 0 Å². The second kappa shape index (κ2) is 3.25. The minimum atomic E-state index is -2.80. The third kappa shape index (κ3) is 1.87. The lowest BCUT2D eigenvalue weighted by Crippen LogP contribution is -2.44. The highest BCUT2D eigenvalue weighted by Crippen LogP contribution is 2.49. The number of ketones is 1. The summed E-state index contributed by atoms with van der Waals surface area (Å²) in [6.07, 6.45) is -0.0319. The number of Topliss-reactive ketones (excluding diaryl/α,β-unsaturated/α-hetero) is 1. The molecule has 0 aromatic rings. The maximum atomic E-state index is 12.7. The van der Waals surface area contributed by atoms with Gasteiger partial charge in [-0.15, -0.1) is 0 Å². The zero-order chi connectivity index (χ0) is 11.2. The lowest BCUT2D eigenvalue weighted by Gasteiger charge is -2.30. The standard InChI is InChI=1S/C10H13F2NO2/c1-6-5-13(3-2-8(6)14)9(15)7-4-10(7,11)12/h6-7H,2-5H2,1H3. The second-order valence-electron chi connectivity index (χ2n) is 4.42. The van der Waals surface area contributed by atoms with Crippen molar-refractivity contribution in [3.63, 3.8) is 0 Å². The van der Waals surface area contributed by atoms with Crippen LogP contribution >= 0.6 is 0 Å². The summed E-state index contributed by atoms with van der Waals surface area (Å²) in [6, 6.07) is 0. The van der Waals surface area contributed by atoms with E-state index in [-0.39, 0.29) is 18.1 Å². The first-order chi connectivity index (χ1) is 6.92. The molecule has 0 spiro atoms. The molecule has 1 saturated carbocycles. The van der Waals surface area contributed by atoms with Crippen LogP contribution in [0.5, 0.6) is 0 Å². The van der Waals surface area contributed by atoms with E-state index >= 15 is 0 Å². The first-order valence-electron chi connectivity index (χ1n) is 5.11. The molecule has 3 nitrogen and oxygen atoms in total. The largest absolute Gasteiger partial charge is 0.341 e. The summed E-state index contributed by atoms with van der Waals surface area (Å²) in [6.45, 7) is 2.33. The molecule has 2 rings (SSSR count). The summed E-state index contributed by atoms with van der Waals surface area (Å²) in [5.41, 5.74) is 0. The average Bonchev–Trinajstić information content (AvgIpc) is 2.79. The minimum Gasteiger partial charge on any atom is -0.341 e. The number of alkyl halides is 2. The van der Waals surface area contributed by atoms with Gasteiger partial charge in [0.15, 0.2) is 0 Å². The van der Waals surface area contributed by atoms with Gasteiger partial charge >= 0.3 is 0 Å². The molecule has 0 N–H and O–H groups in total. The van der Waals surface area contributed by atoms with E-state index in [1.54, 1.807) is 6.92 Å². The van der Waals surface area contributed by atoms with Crippen LogP contribution in [0.3, 0.4) is 0 Å². The Morgan fingerprint density at radius 2 is 2.13 bits per heavy atom. The molecule has 1 aliphatic heterocycles. The van der Waals surface area contributed by atoms with Gasteiger partial charge in [-0.25, -0.2) is 8.78 Å². The zero-order valence-corrected chi connectivity index (χ0v) is 8.50. The van der Waals surface area contributed by atoms with E-state index in [0.29, 0.717) is 19.5 Å². The van der Waals surface area contributed by atoms with Gasteiger partial charge in [0.25, 0.3) is 5.92 Å². The Morgan fingerprint density at radius 1 is 1.53 bits per heavy atom. The molecule has 1 aliphatic carbocycles. The maximum absolute atomic E-state index is 12.7. The number of amides is 1. The van der Waals surface area contributed by atoms with Gasteiger partial charge in [-0.05, 0) is 0 Å². The van der Waals surface area contributed by atoms with E-state index in [1.807, 2.05) is 0 Å². The van der Waals surface area contributed by atoms with Gasteiger partial charge in [0, 0.05) is 31.8 Å². The molecule has 2 aliphatic rings. The Balaban J connectivity index is 1.95. The number of nitrogens with zero attached hydrogens (tertiary/aromatic N) is 1. The Bertz CT molecular complexity index is 317. The molecule has 2 fully saturated rings. The molecule has 2 unspecified atom stereocenters. The predicted octanol–water partition coefficient (Wildman–Crippen LogP) is 1.08. The van der Waals surface area contributed by atoms with E-state index in [9.17, 15) is 18.4 Å². The molecule has 15 heavy (non-hydrogen) atoms. The Labute approximate surface area is 86.4 Å². The monoisotopic (exact) mass is 217 g/mol. The molecule has 0 radical (unpaired) electrons. The summed E-state index contributed by atoms with van der Waals surface area (Å²) >= 11 is 0. The minimum absolute atomic E-state index is 0.113. The van der Waals surface area contributed by atoms with Crippen LogP contribution < -0.4 is 0 Å². The van der Waals surface area contributed by atoms with Gasteiger partial charge in [0.2, 0.25) is 5.91 Å². The summed E-state index contributed by atoms with van der Waals surface area (Å²) in [7, 11) is 0. The fourth-order valence-corrected chi connectivity index (χ4v) is 1.92. The van der Waals surface area contributed by atoms with Gasteiger partial charge in [-0.3, -0.25) is 9.59 Å². The highest BCUT2D eigenvalue weighted by molar-refractivity contribution is 5.87. The fraction of sp³-hybridized carbons (Fsp3) is 0.800. The van der Waals surface area contributed by atoms with Crippen molar-refractivity contribution in [1.82, 2.24) is 4.90 Å². The third-order valence-corrected chi connectivity index (χ3v) is 3.11. The van der Waals surface area contributed by atoms with E-state index in [0.717, 1.165) is 0 Å². The molecule has 84 valence electrons. The van der Waals surface area contributed by atoms with Gasteiger partial charge < -0.3 is 4.90 Å². The van der Waals surface area contributed by atoms with Crippen molar-refractivity contribution in [3.8, 4) is 0 Å². The molecule has 5 heteroatoms. The van der Waals surface area contributed by atoms with Crippen molar-refractivity contribution in [1.29, 1.82) is 0 Å². The normalized spacial score (nSPS) is 34.1. The molecule has 0 bridgehead atoms. The lowest BCUT2D eigenvalue weighted by atomic mass is 9.98. The summed E-state index contributed by atoms with van der Waals surface area (Å²) in [4.78, 5) is 24.2. The highest BCUT2D eigenvalue weighted by atomic mass is 19.3. The number of hydrogen-bond acceptors (Lipinski definition) is 2. The molecule has 0 aromatic heterocycles. The fourth-order valence-electron chi connectivity index (χ4n) is 1.92. The van der Waals surface area contributed by atoms with E-state index in [2.05, 4.69) is 0 Å². The van der Waals surface area contributed by atoms with Gasteiger partial charge in [0.05, 0.1) is 0 Å². The third-order valence-electron chi connectivity index (χ3n) is 3.11. The number of hydrogen-bond donors (Lipinski definition) is 0. The van der Waals surface area contributed by atoms with Crippen LogP contribution in [0.1, 0.15) is 19.8 Å². The predicted molar refractivity (Wildman–Crippen MR) is 48.4 cm³/mol. The molecule has 2 atom stereocenters. The summed E-state index contributed by atoms with van der Waals surface area (Å²) < 4.78 is 25.3. The van der Waals surface area contributed by atoms with Crippen molar-refractivity contribution >= 4 is 11.7 Å². The second-order valence-corrected chi connectivity index (χ2v) is 4.42. The number of likely N-dealkylation sites (tertiary alicyclic amines) is 1. The Hall–Kier alpha value is -1.00. The number of piperidine rings is 1. The Kier molecular flexibility index (Phi) is 2.28. The average molecular weight is 217 g/mol. The van der Waals surface area contributed by atoms with Crippen LogP contribution in [-0.4, -0.2) is 35.6 Å². The first-order valence-corrected chi connectivity index (χ1v) is 5.11. The quantitative estimate of drug-likeness (QED) is 0.659. The molecular weight excluding hydrogens is 204 g/mol. The van der Waals surface area contributed by atoms with E-state index in [1.165, 1.54) is 4.90 Å². The maximum Gasteiger partial charge on any atom is 0.260 e. The topological polar surface area (TPSA) is 37.4 Å². The molecule has 1 amide bonds. The van der Waals surface area contributed by atoms with Crippen molar-refractivity contribution in [2.75, 3.05) is 13.1 Å². The van der Waals surface area contributed by atoms with Crippen LogP contribution in [0.2, 0.25) is 0 Å². The molecule has 0 aromatic carbocycles. The van der Waals surface area contributed by atoms with Crippen molar-refractivity contribution in [3.05, 3.63) is 0 Å². The molecular formula is C10H13F2NO2.